The van der Waals surface area contributed by atoms with Gasteiger partial charge in [0.05, 0.1) is 12.2 Å². The number of nitrogens with one attached hydrogen (secondary N) is 1. The predicted octanol–water partition coefficient (Wildman–Crippen LogP) is 1.73. The van der Waals surface area contributed by atoms with Gasteiger partial charge in [-0.25, -0.2) is 0 Å². The van der Waals surface area contributed by atoms with Gasteiger partial charge in [-0.2, -0.15) is 0 Å². The topological polar surface area (TPSA) is 54.5 Å². The molecule has 2 unspecified atom stereocenters. The van der Waals surface area contributed by atoms with Crippen molar-refractivity contribution in [3.05, 3.63) is 30.1 Å². The SMILES string of the molecule is O=C(C1CCCO1)N(Cc1ccccn1)C1CCCNCC1. The standard InChI is InChI=1S/C17H25N3O2/c21-17(16-7-4-12-22-16)20(13-14-5-1-2-10-19-14)15-6-3-9-18-11-8-15/h1-2,5,10,15-16,18H,3-4,6-9,11-13H2. The predicted molar refractivity (Wildman–Crippen MR) is 84.3 cm³/mol. The molecule has 0 spiro atoms. The van der Waals surface area contributed by atoms with Crippen LogP contribution in [0.3, 0.4) is 0 Å². The molecule has 120 valence electrons. The van der Waals surface area contributed by atoms with E-state index in [1.807, 2.05) is 23.1 Å². The van der Waals surface area contributed by atoms with Gasteiger partial charge in [0.15, 0.2) is 0 Å². The normalized spacial score (nSPS) is 25.6. The minimum Gasteiger partial charge on any atom is -0.368 e. The summed E-state index contributed by atoms with van der Waals surface area (Å²) < 4.78 is 5.63. The van der Waals surface area contributed by atoms with Gasteiger partial charge >= 0.3 is 0 Å². The average Bonchev–Trinajstić information content (AvgIpc) is 2.96. The van der Waals surface area contributed by atoms with Crippen LogP contribution in [0.4, 0.5) is 0 Å². The highest BCUT2D eigenvalue weighted by Crippen LogP contribution is 2.22. The molecule has 3 rings (SSSR count). The number of ether oxygens (including phenoxy) is 1. The number of carbonyl (C=O) groups is 1. The molecule has 0 saturated carbocycles. The van der Waals surface area contributed by atoms with E-state index in [-0.39, 0.29) is 18.1 Å². The highest BCUT2D eigenvalue weighted by Gasteiger charge is 2.32. The number of aromatic nitrogens is 1. The summed E-state index contributed by atoms with van der Waals surface area (Å²) in [5.41, 5.74) is 0.950. The molecule has 0 radical (unpaired) electrons. The van der Waals surface area contributed by atoms with Crippen molar-refractivity contribution in [3.63, 3.8) is 0 Å². The summed E-state index contributed by atoms with van der Waals surface area (Å²) in [4.78, 5) is 19.3. The third-order valence-corrected chi connectivity index (χ3v) is 4.53. The molecule has 0 aromatic carbocycles. The van der Waals surface area contributed by atoms with E-state index in [0.29, 0.717) is 13.2 Å². The van der Waals surface area contributed by atoms with Gasteiger partial charge in [-0.15, -0.1) is 0 Å². The van der Waals surface area contributed by atoms with Crippen LogP contribution in [0.5, 0.6) is 0 Å². The van der Waals surface area contributed by atoms with Crippen LogP contribution in [0.15, 0.2) is 24.4 Å². The number of carbonyl (C=O) groups excluding carboxylic acids is 1. The molecule has 2 saturated heterocycles. The van der Waals surface area contributed by atoms with Gasteiger partial charge in [0.1, 0.15) is 6.10 Å². The Morgan fingerprint density at radius 3 is 3.00 bits per heavy atom. The van der Waals surface area contributed by atoms with Crippen LogP contribution in [0, 0.1) is 0 Å². The van der Waals surface area contributed by atoms with Crippen LogP contribution < -0.4 is 5.32 Å². The van der Waals surface area contributed by atoms with Crippen molar-refractivity contribution in [1.29, 1.82) is 0 Å². The minimum absolute atomic E-state index is 0.148. The molecule has 2 atom stereocenters. The fraction of sp³-hybridized carbons (Fsp3) is 0.647. The third-order valence-electron chi connectivity index (χ3n) is 4.53. The van der Waals surface area contributed by atoms with E-state index in [1.54, 1.807) is 6.20 Å². The second-order valence-electron chi connectivity index (χ2n) is 6.12. The van der Waals surface area contributed by atoms with E-state index in [1.165, 1.54) is 0 Å². The summed E-state index contributed by atoms with van der Waals surface area (Å²) in [5, 5.41) is 3.42. The van der Waals surface area contributed by atoms with Crippen molar-refractivity contribution in [2.45, 2.75) is 50.8 Å². The van der Waals surface area contributed by atoms with Gasteiger partial charge in [0, 0.05) is 18.8 Å². The summed E-state index contributed by atoms with van der Waals surface area (Å²) in [6.45, 7) is 3.31. The second kappa shape index (κ2) is 7.70. The third kappa shape index (κ3) is 3.84. The Morgan fingerprint density at radius 1 is 1.27 bits per heavy atom. The van der Waals surface area contributed by atoms with Gasteiger partial charge in [0.25, 0.3) is 5.91 Å². The first-order valence-electron chi connectivity index (χ1n) is 8.37. The zero-order chi connectivity index (χ0) is 15.2. The summed E-state index contributed by atoms with van der Waals surface area (Å²) in [6.07, 6.45) is 6.55. The van der Waals surface area contributed by atoms with Crippen molar-refractivity contribution >= 4 is 5.91 Å². The van der Waals surface area contributed by atoms with Crippen molar-refractivity contribution < 1.29 is 9.53 Å². The fourth-order valence-corrected chi connectivity index (χ4v) is 3.32. The lowest BCUT2D eigenvalue weighted by Gasteiger charge is -2.32. The maximum Gasteiger partial charge on any atom is 0.252 e. The number of pyridine rings is 1. The van der Waals surface area contributed by atoms with Gasteiger partial charge in [0.2, 0.25) is 0 Å². The van der Waals surface area contributed by atoms with Gasteiger partial charge in [-0.1, -0.05) is 6.07 Å². The van der Waals surface area contributed by atoms with E-state index < -0.39 is 0 Å². The highest BCUT2D eigenvalue weighted by molar-refractivity contribution is 5.81. The van der Waals surface area contributed by atoms with Crippen molar-refractivity contribution in [2.75, 3.05) is 19.7 Å². The minimum atomic E-state index is -0.250. The number of hydrogen-bond donors (Lipinski definition) is 1. The Labute approximate surface area is 132 Å². The molecule has 2 fully saturated rings. The molecule has 5 nitrogen and oxygen atoms in total. The zero-order valence-corrected chi connectivity index (χ0v) is 13.0. The molecule has 0 aliphatic carbocycles. The largest absolute Gasteiger partial charge is 0.368 e. The Kier molecular flexibility index (Phi) is 5.40. The van der Waals surface area contributed by atoms with E-state index in [4.69, 9.17) is 4.74 Å². The quantitative estimate of drug-likeness (QED) is 0.920. The lowest BCUT2D eigenvalue weighted by Crippen LogP contribution is -2.45. The molecular formula is C17H25N3O2. The highest BCUT2D eigenvalue weighted by atomic mass is 16.5. The number of hydrogen-bond acceptors (Lipinski definition) is 4. The molecule has 1 N–H and O–H groups in total. The first kappa shape index (κ1) is 15.4. The molecule has 1 amide bonds. The van der Waals surface area contributed by atoms with Crippen LogP contribution in [-0.2, 0) is 16.1 Å². The summed E-state index contributed by atoms with van der Waals surface area (Å²) in [5.74, 6) is 0.148. The Balaban J connectivity index is 1.75. The monoisotopic (exact) mass is 303 g/mol. The molecule has 1 aromatic rings. The maximum absolute atomic E-state index is 12.9. The molecule has 2 aliphatic rings. The Morgan fingerprint density at radius 2 is 2.23 bits per heavy atom. The average molecular weight is 303 g/mol. The molecule has 3 heterocycles. The molecular weight excluding hydrogens is 278 g/mol. The number of rotatable bonds is 4. The Hall–Kier alpha value is -1.46. The molecule has 1 aromatic heterocycles. The number of nitrogens with zero attached hydrogens (tertiary/aromatic N) is 2. The Bertz CT molecular complexity index is 466. The second-order valence-corrected chi connectivity index (χ2v) is 6.12. The van der Waals surface area contributed by atoms with Crippen LogP contribution in [0.2, 0.25) is 0 Å². The van der Waals surface area contributed by atoms with Gasteiger partial charge < -0.3 is 15.0 Å². The smallest absolute Gasteiger partial charge is 0.252 e. The van der Waals surface area contributed by atoms with Crippen molar-refractivity contribution in [1.82, 2.24) is 15.2 Å². The molecule has 22 heavy (non-hydrogen) atoms. The molecule has 0 bridgehead atoms. The van der Waals surface area contributed by atoms with Crippen molar-refractivity contribution in [3.8, 4) is 0 Å². The number of amides is 1. The molecule has 5 heteroatoms. The van der Waals surface area contributed by atoms with Crippen molar-refractivity contribution in [2.24, 2.45) is 0 Å². The van der Waals surface area contributed by atoms with E-state index in [2.05, 4.69) is 10.3 Å². The van der Waals surface area contributed by atoms with Crippen LogP contribution >= 0.6 is 0 Å². The lowest BCUT2D eigenvalue weighted by atomic mass is 10.1. The first-order chi connectivity index (χ1) is 10.8. The summed E-state index contributed by atoms with van der Waals surface area (Å²) in [7, 11) is 0. The summed E-state index contributed by atoms with van der Waals surface area (Å²) in [6, 6.07) is 6.16. The van der Waals surface area contributed by atoms with Gasteiger partial charge in [-0.05, 0) is 57.3 Å². The van der Waals surface area contributed by atoms with Crippen LogP contribution in [0.25, 0.3) is 0 Å². The molecule has 2 aliphatic heterocycles. The van der Waals surface area contributed by atoms with Crippen LogP contribution in [-0.4, -0.2) is 47.6 Å². The zero-order valence-electron chi connectivity index (χ0n) is 13.0. The lowest BCUT2D eigenvalue weighted by molar-refractivity contribution is -0.144. The van der Waals surface area contributed by atoms with E-state index >= 15 is 0 Å². The van der Waals surface area contributed by atoms with Crippen LogP contribution in [0.1, 0.15) is 37.8 Å². The van der Waals surface area contributed by atoms with E-state index in [9.17, 15) is 4.79 Å². The first-order valence-corrected chi connectivity index (χ1v) is 8.37. The van der Waals surface area contributed by atoms with E-state index in [0.717, 1.165) is 50.9 Å². The summed E-state index contributed by atoms with van der Waals surface area (Å²) >= 11 is 0. The fourth-order valence-electron chi connectivity index (χ4n) is 3.32. The maximum atomic E-state index is 12.9. The van der Waals surface area contributed by atoms with Gasteiger partial charge in [-0.3, -0.25) is 9.78 Å².